The van der Waals surface area contributed by atoms with Crippen molar-refractivity contribution in [3.63, 3.8) is 0 Å². The molecular weight excluding hydrogens is 282 g/mol. The molecule has 2 rings (SSSR count). The van der Waals surface area contributed by atoms with Crippen molar-refractivity contribution in [2.45, 2.75) is 19.9 Å². The predicted molar refractivity (Wildman–Crippen MR) is 85.2 cm³/mol. The monoisotopic (exact) mass is 299 g/mol. The minimum atomic E-state index is -0.112. The molecule has 4 heteroatoms. The van der Waals surface area contributed by atoms with Crippen LogP contribution in [-0.2, 0) is 6.54 Å². The molecule has 21 heavy (non-hydrogen) atoms. The van der Waals surface area contributed by atoms with Crippen LogP contribution in [0.4, 0.5) is 0 Å². The highest BCUT2D eigenvalue weighted by atomic mass is 32.1. The van der Waals surface area contributed by atoms with Gasteiger partial charge in [0.1, 0.15) is 4.88 Å². The van der Waals surface area contributed by atoms with Crippen molar-refractivity contribution in [3.8, 4) is 11.8 Å². The van der Waals surface area contributed by atoms with Crippen molar-refractivity contribution in [1.29, 1.82) is 0 Å². The number of amides is 1. The van der Waals surface area contributed by atoms with Gasteiger partial charge in [0.2, 0.25) is 0 Å². The molecule has 3 nitrogen and oxygen atoms in total. The Morgan fingerprint density at radius 1 is 1.29 bits per heavy atom. The van der Waals surface area contributed by atoms with E-state index in [1.54, 1.807) is 0 Å². The molecule has 0 saturated carbocycles. The zero-order valence-corrected chi connectivity index (χ0v) is 12.7. The SMILES string of the molecule is Cc1ccc(CNC(=O)c2sccc2C#CCCO)cc1. The summed E-state index contributed by atoms with van der Waals surface area (Å²) in [5.41, 5.74) is 2.98. The van der Waals surface area contributed by atoms with E-state index < -0.39 is 0 Å². The second kappa shape index (κ2) is 7.63. The number of benzene rings is 1. The molecule has 0 aliphatic carbocycles. The number of aryl methyl sites for hydroxylation is 1. The van der Waals surface area contributed by atoms with Crippen LogP contribution < -0.4 is 5.32 Å². The molecule has 2 N–H and O–H groups in total. The molecule has 0 aliphatic rings. The zero-order valence-electron chi connectivity index (χ0n) is 11.8. The standard InChI is InChI=1S/C17H17NO2S/c1-13-5-7-14(8-6-13)12-18-17(20)16-15(9-11-21-16)4-2-3-10-19/h5-9,11,19H,3,10,12H2,1H3,(H,18,20). The number of carbonyl (C=O) groups is 1. The van der Waals surface area contributed by atoms with Gasteiger partial charge in [-0.3, -0.25) is 4.79 Å². The Bertz CT molecular complexity index is 662. The maximum Gasteiger partial charge on any atom is 0.262 e. The van der Waals surface area contributed by atoms with E-state index in [1.807, 2.05) is 42.6 Å². The first-order valence-corrected chi connectivity index (χ1v) is 7.59. The second-order valence-electron chi connectivity index (χ2n) is 4.61. The van der Waals surface area contributed by atoms with Gasteiger partial charge in [-0.1, -0.05) is 41.7 Å². The number of thiophene rings is 1. The number of aliphatic hydroxyl groups excluding tert-OH is 1. The molecule has 0 spiro atoms. The number of hydrogen-bond acceptors (Lipinski definition) is 3. The van der Waals surface area contributed by atoms with Gasteiger partial charge in [0.15, 0.2) is 0 Å². The van der Waals surface area contributed by atoms with Gasteiger partial charge in [-0.05, 0) is 23.9 Å². The van der Waals surface area contributed by atoms with E-state index >= 15 is 0 Å². The summed E-state index contributed by atoms with van der Waals surface area (Å²) in [6.45, 7) is 2.57. The Labute approximate surface area is 128 Å². The van der Waals surface area contributed by atoms with Gasteiger partial charge in [-0.25, -0.2) is 0 Å². The first-order valence-electron chi connectivity index (χ1n) is 6.71. The molecule has 0 radical (unpaired) electrons. The lowest BCUT2D eigenvalue weighted by molar-refractivity contribution is 0.0955. The summed E-state index contributed by atoms with van der Waals surface area (Å²) >= 11 is 1.38. The summed E-state index contributed by atoms with van der Waals surface area (Å²) in [5.74, 6) is 5.65. The quantitative estimate of drug-likeness (QED) is 0.853. The van der Waals surface area contributed by atoms with Crippen molar-refractivity contribution in [2.24, 2.45) is 0 Å². The van der Waals surface area contributed by atoms with E-state index in [2.05, 4.69) is 17.2 Å². The van der Waals surface area contributed by atoms with Crippen LogP contribution in [0.5, 0.6) is 0 Å². The Kier molecular flexibility index (Phi) is 5.56. The van der Waals surface area contributed by atoms with Gasteiger partial charge in [0.25, 0.3) is 5.91 Å². The lowest BCUT2D eigenvalue weighted by Crippen LogP contribution is -2.22. The molecular formula is C17H17NO2S. The van der Waals surface area contributed by atoms with Crippen LogP contribution >= 0.6 is 11.3 Å². The third kappa shape index (κ3) is 4.45. The van der Waals surface area contributed by atoms with Gasteiger partial charge in [0, 0.05) is 18.5 Å². The van der Waals surface area contributed by atoms with Crippen LogP contribution in [0, 0.1) is 18.8 Å². The van der Waals surface area contributed by atoms with E-state index in [4.69, 9.17) is 5.11 Å². The Hall–Kier alpha value is -2.09. The summed E-state index contributed by atoms with van der Waals surface area (Å²) in [4.78, 5) is 12.8. The lowest BCUT2D eigenvalue weighted by Gasteiger charge is -2.05. The molecule has 1 amide bonds. The van der Waals surface area contributed by atoms with Crippen LogP contribution in [0.15, 0.2) is 35.7 Å². The Balaban J connectivity index is 1.99. The number of nitrogens with one attached hydrogen (secondary N) is 1. The average molecular weight is 299 g/mol. The fraction of sp³-hybridized carbons (Fsp3) is 0.235. The minimum Gasteiger partial charge on any atom is -0.395 e. The Morgan fingerprint density at radius 2 is 2.05 bits per heavy atom. The first-order chi connectivity index (χ1) is 10.2. The molecule has 0 atom stereocenters. The van der Waals surface area contributed by atoms with Crippen molar-refractivity contribution in [1.82, 2.24) is 5.32 Å². The molecule has 1 heterocycles. The molecule has 1 aromatic carbocycles. The number of aliphatic hydroxyl groups is 1. The van der Waals surface area contributed by atoms with Crippen LogP contribution in [0.3, 0.4) is 0 Å². The minimum absolute atomic E-state index is 0.0338. The normalized spacial score (nSPS) is 9.81. The maximum absolute atomic E-state index is 12.2. The number of rotatable bonds is 4. The molecule has 0 unspecified atom stereocenters. The third-order valence-corrected chi connectivity index (χ3v) is 3.82. The highest BCUT2D eigenvalue weighted by Crippen LogP contribution is 2.16. The molecule has 108 valence electrons. The third-order valence-electron chi connectivity index (χ3n) is 2.90. The highest BCUT2D eigenvalue weighted by Gasteiger charge is 2.11. The van der Waals surface area contributed by atoms with Crippen molar-refractivity contribution < 1.29 is 9.90 Å². The summed E-state index contributed by atoms with van der Waals surface area (Å²) < 4.78 is 0. The van der Waals surface area contributed by atoms with E-state index in [9.17, 15) is 4.79 Å². The summed E-state index contributed by atoms with van der Waals surface area (Å²) in [6.07, 6.45) is 0.417. The molecule has 2 aromatic rings. The molecule has 0 saturated heterocycles. The van der Waals surface area contributed by atoms with Gasteiger partial charge in [0.05, 0.1) is 6.61 Å². The molecule has 0 bridgehead atoms. The van der Waals surface area contributed by atoms with E-state index in [-0.39, 0.29) is 12.5 Å². The number of hydrogen-bond donors (Lipinski definition) is 2. The van der Waals surface area contributed by atoms with Crippen molar-refractivity contribution >= 4 is 17.2 Å². The fourth-order valence-electron chi connectivity index (χ4n) is 1.77. The predicted octanol–water partition coefficient (Wildman–Crippen LogP) is 2.72. The average Bonchev–Trinajstić information content (AvgIpc) is 2.95. The highest BCUT2D eigenvalue weighted by molar-refractivity contribution is 7.12. The van der Waals surface area contributed by atoms with Crippen LogP contribution in [-0.4, -0.2) is 17.6 Å². The van der Waals surface area contributed by atoms with E-state index in [0.717, 1.165) is 11.1 Å². The summed E-state index contributed by atoms with van der Waals surface area (Å²) in [7, 11) is 0. The van der Waals surface area contributed by atoms with Crippen LogP contribution in [0.1, 0.15) is 32.8 Å². The van der Waals surface area contributed by atoms with Gasteiger partial charge in [-0.15, -0.1) is 11.3 Å². The van der Waals surface area contributed by atoms with Crippen molar-refractivity contribution in [3.05, 3.63) is 57.3 Å². The van der Waals surface area contributed by atoms with Gasteiger partial charge < -0.3 is 10.4 Å². The van der Waals surface area contributed by atoms with Crippen LogP contribution in [0.25, 0.3) is 0 Å². The topological polar surface area (TPSA) is 49.3 Å². The lowest BCUT2D eigenvalue weighted by atomic mass is 10.1. The number of carbonyl (C=O) groups excluding carboxylic acids is 1. The summed E-state index contributed by atoms with van der Waals surface area (Å²) in [6, 6.07) is 9.89. The fourth-order valence-corrected chi connectivity index (χ4v) is 2.53. The van der Waals surface area contributed by atoms with Crippen LogP contribution in [0.2, 0.25) is 0 Å². The van der Waals surface area contributed by atoms with Crippen molar-refractivity contribution in [2.75, 3.05) is 6.61 Å². The Morgan fingerprint density at radius 3 is 2.76 bits per heavy atom. The largest absolute Gasteiger partial charge is 0.395 e. The van der Waals surface area contributed by atoms with Gasteiger partial charge in [-0.2, -0.15) is 0 Å². The summed E-state index contributed by atoms with van der Waals surface area (Å²) in [5, 5.41) is 13.5. The van der Waals surface area contributed by atoms with Gasteiger partial charge >= 0.3 is 0 Å². The molecule has 0 fully saturated rings. The first kappa shape index (κ1) is 15.3. The second-order valence-corrected chi connectivity index (χ2v) is 5.52. The molecule has 1 aromatic heterocycles. The van der Waals surface area contributed by atoms with E-state index in [0.29, 0.717) is 17.8 Å². The maximum atomic E-state index is 12.2. The van der Waals surface area contributed by atoms with E-state index in [1.165, 1.54) is 16.9 Å². The zero-order chi connectivity index (χ0) is 15.1. The molecule has 0 aliphatic heterocycles. The smallest absolute Gasteiger partial charge is 0.262 e.